The van der Waals surface area contributed by atoms with E-state index in [1.807, 2.05) is 13.1 Å². The van der Waals surface area contributed by atoms with Crippen LogP contribution in [0.1, 0.15) is 11.1 Å². The number of benzene rings is 1. The van der Waals surface area contributed by atoms with Crippen LogP contribution in [0.4, 0.5) is 4.39 Å². The van der Waals surface area contributed by atoms with Crippen LogP contribution in [0.3, 0.4) is 0 Å². The van der Waals surface area contributed by atoms with Crippen molar-refractivity contribution < 1.29 is 14.2 Å². The molecular formula is C17H18FN3O2. The largest absolute Gasteiger partial charge is 0.453 e. The van der Waals surface area contributed by atoms with E-state index in [1.54, 1.807) is 24.4 Å². The number of nitrogens with two attached hydrogens (primary N) is 1. The Balaban J connectivity index is 1.89. The van der Waals surface area contributed by atoms with Crippen LogP contribution in [0.15, 0.2) is 36.7 Å². The number of fused-ring (bicyclic) bond motifs is 1. The van der Waals surface area contributed by atoms with E-state index in [2.05, 4.69) is 9.97 Å². The first kappa shape index (κ1) is 15.5. The third-order valence-corrected chi connectivity index (χ3v) is 3.68. The number of aliphatic hydroxyl groups is 1. The van der Waals surface area contributed by atoms with Gasteiger partial charge < -0.3 is 20.6 Å². The van der Waals surface area contributed by atoms with Gasteiger partial charge in [-0.1, -0.05) is 6.07 Å². The minimum Gasteiger partial charge on any atom is -0.453 e. The van der Waals surface area contributed by atoms with Gasteiger partial charge in [0, 0.05) is 18.4 Å². The van der Waals surface area contributed by atoms with Gasteiger partial charge >= 0.3 is 0 Å². The van der Waals surface area contributed by atoms with Crippen LogP contribution >= 0.6 is 0 Å². The zero-order valence-electron chi connectivity index (χ0n) is 12.7. The van der Waals surface area contributed by atoms with E-state index in [9.17, 15) is 4.39 Å². The number of nitrogens with one attached hydrogen (secondary N) is 1. The molecule has 0 aliphatic heterocycles. The summed E-state index contributed by atoms with van der Waals surface area (Å²) in [6.07, 6.45) is 3.85. The summed E-state index contributed by atoms with van der Waals surface area (Å²) in [5, 5.41) is 9.80. The molecule has 23 heavy (non-hydrogen) atoms. The molecule has 1 aromatic carbocycles. The van der Waals surface area contributed by atoms with Gasteiger partial charge in [-0.05, 0) is 42.7 Å². The molecule has 6 heteroatoms. The molecule has 0 bridgehead atoms. The second-order valence-corrected chi connectivity index (χ2v) is 5.52. The van der Waals surface area contributed by atoms with E-state index < -0.39 is 11.9 Å². The Morgan fingerprint density at radius 1 is 1.35 bits per heavy atom. The smallest absolute Gasteiger partial charge is 0.165 e. The average Bonchev–Trinajstić information content (AvgIpc) is 2.92. The first-order valence-electron chi connectivity index (χ1n) is 7.34. The quantitative estimate of drug-likeness (QED) is 0.676. The summed E-state index contributed by atoms with van der Waals surface area (Å²) in [5.41, 5.74) is 8.07. The van der Waals surface area contributed by atoms with Crippen LogP contribution in [0.25, 0.3) is 11.0 Å². The number of H-pyrrole nitrogens is 1. The second kappa shape index (κ2) is 6.36. The number of hydrogen-bond acceptors (Lipinski definition) is 4. The molecule has 3 rings (SSSR count). The lowest BCUT2D eigenvalue weighted by molar-refractivity contribution is 0.265. The second-order valence-electron chi connectivity index (χ2n) is 5.52. The van der Waals surface area contributed by atoms with E-state index in [1.165, 1.54) is 6.07 Å². The van der Waals surface area contributed by atoms with Gasteiger partial charge in [-0.2, -0.15) is 0 Å². The summed E-state index contributed by atoms with van der Waals surface area (Å²) >= 11 is 0. The maximum Gasteiger partial charge on any atom is 0.165 e. The average molecular weight is 315 g/mol. The van der Waals surface area contributed by atoms with Gasteiger partial charge in [0.1, 0.15) is 11.4 Å². The Labute approximate surface area is 132 Å². The third kappa shape index (κ3) is 3.18. The molecule has 0 radical (unpaired) electrons. The van der Waals surface area contributed by atoms with Gasteiger partial charge in [0.05, 0.1) is 12.0 Å². The predicted molar refractivity (Wildman–Crippen MR) is 86.1 cm³/mol. The molecule has 0 fully saturated rings. The van der Waals surface area contributed by atoms with Gasteiger partial charge in [0.25, 0.3) is 0 Å². The number of halogens is 1. The topological polar surface area (TPSA) is 84.2 Å². The van der Waals surface area contributed by atoms with Crippen molar-refractivity contribution in [3.8, 4) is 11.5 Å². The van der Waals surface area contributed by atoms with Crippen molar-refractivity contribution in [2.45, 2.75) is 19.4 Å². The molecule has 0 aliphatic carbocycles. The number of rotatable bonds is 5. The van der Waals surface area contributed by atoms with E-state index >= 15 is 0 Å². The number of hydrogen-bond donors (Lipinski definition) is 3. The van der Waals surface area contributed by atoms with Gasteiger partial charge in [-0.25, -0.2) is 9.37 Å². The molecule has 120 valence electrons. The van der Waals surface area contributed by atoms with E-state index in [0.717, 1.165) is 10.9 Å². The van der Waals surface area contributed by atoms with E-state index in [0.29, 0.717) is 23.4 Å². The number of ether oxygens (including phenoxy) is 1. The van der Waals surface area contributed by atoms with Crippen molar-refractivity contribution >= 4 is 11.0 Å². The van der Waals surface area contributed by atoms with Gasteiger partial charge in [-0.15, -0.1) is 0 Å². The molecule has 0 amide bonds. The molecule has 0 saturated carbocycles. The first-order chi connectivity index (χ1) is 11.1. The van der Waals surface area contributed by atoms with Crippen LogP contribution in [0.5, 0.6) is 11.5 Å². The Kier molecular flexibility index (Phi) is 4.27. The summed E-state index contributed by atoms with van der Waals surface area (Å²) in [6.45, 7) is 1.80. The highest BCUT2D eigenvalue weighted by Crippen LogP contribution is 2.32. The maximum atomic E-state index is 14.3. The van der Waals surface area contributed by atoms with Crippen LogP contribution in [0.2, 0.25) is 0 Å². The van der Waals surface area contributed by atoms with Crippen molar-refractivity contribution in [1.82, 2.24) is 9.97 Å². The number of pyridine rings is 1. The van der Waals surface area contributed by atoms with Crippen molar-refractivity contribution in [3.05, 3.63) is 53.6 Å². The van der Waals surface area contributed by atoms with Gasteiger partial charge in [-0.3, -0.25) is 0 Å². The van der Waals surface area contributed by atoms with Crippen molar-refractivity contribution in [1.29, 1.82) is 0 Å². The fourth-order valence-corrected chi connectivity index (χ4v) is 2.51. The van der Waals surface area contributed by atoms with Crippen molar-refractivity contribution in [3.63, 3.8) is 0 Å². The third-order valence-electron chi connectivity index (χ3n) is 3.68. The zero-order chi connectivity index (χ0) is 16.4. The van der Waals surface area contributed by atoms with E-state index in [-0.39, 0.29) is 12.4 Å². The number of aromatic nitrogens is 2. The highest BCUT2D eigenvalue weighted by Gasteiger charge is 2.12. The van der Waals surface area contributed by atoms with E-state index in [4.69, 9.17) is 15.6 Å². The molecule has 2 aromatic heterocycles. The van der Waals surface area contributed by atoms with Crippen LogP contribution in [0, 0.1) is 12.7 Å². The SMILES string of the molecule is Cc1c[nH]c2nccc(Oc3ccc(CC(N)CO)cc3F)c12. The lowest BCUT2D eigenvalue weighted by Gasteiger charge is -2.11. The molecule has 5 nitrogen and oxygen atoms in total. The van der Waals surface area contributed by atoms with Crippen LogP contribution in [-0.4, -0.2) is 27.7 Å². The number of nitrogens with zero attached hydrogens (tertiary/aromatic N) is 1. The molecule has 1 unspecified atom stereocenters. The fraction of sp³-hybridized carbons (Fsp3) is 0.235. The zero-order valence-corrected chi connectivity index (χ0v) is 12.7. The molecule has 0 spiro atoms. The summed E-state index contributed by atoms with van der Waals surface area (Å²) in [5.74, 6) is 0.220. The van der Waals surface area contributed by atoms with Crippen LogP contribution < -0.4 is 10.5 Å². The minimum atomic E-state index is -0.467. The van der Waals surface area contributed by atoms with Gasteiger partial charge in [0.15, 0.2) is 11.6 Å². The summed E-state index contributed by atoms with van der Waals surface area (Å²) in [4.78, 5) is 7.26. The monoisotopic (exact) mass is 315 g/mol. The standard InChI is InChI=1S/C17H18FN3O2/c1-10-8-21-17-16(10)15(4-5-20-17)23-14-3-2-11(7-13(14)18)6-12(19)9-22/h2-5,7-8,12,22H,6,9,19H2,1H3,(H,20,21). The molecule has 0 aliphatic rings. The number of aromatic amines is 1. The Bertz CT molecular complexity index is 832. The minimum absolute atomic E-state index is 0.137. The van der Waals surface area contributed by atoms with Crippen molar-refractivity contribution in [2.75, 3.05) is 6.61 Å². The Morgan fingerprint density at radius 2 is 2.17 bits per heavy atom. The molecular weight excluding hydrogens is 297 g/mol. The molecule has 3 aromatic rings. The molecule has 2 heterocycles. The number of aryl methyl sites for hydroxylation is 1. The normalized spacial score (nSPS) is 12.5. The predicted octanol–water partition coefficient (Wildman–Crippen LogP) is 2.66. The number of aliphatic hydroxyl groups excluding tert-OH is 1. The Morgan fingerprint density at radius 3 is 2.91 bits per heavy atom. The first-order valence-corrected chi connectivity index (χ1v) is 7.34. The maximum absolute atomic E-state index is 14.3. The van der Waals surface area contributed by atoms with Crippen molar-refractivity contribution in [2.24, 2.45) is 5.73 Å². The molecule has 0 saturated heterocycles. The molecule has 1 atom stereocenters. The van der Waals surface area contributed by atoms with Crippen LogP contribution in [-0.2, 0) is 6.42 Å². The fourth-order valence-electron chi connectivity index (χ4n) is 2.51. The van der Waals surface area contributed by atoms with Gasteiger partial charge in [0.2, 0.25) is 0 Å². The summed E-state index contributed by atoms with van der Waals surface area (Å²) in [6, 6.07) is 6.01. The highest BCUT2D eigenvalue weighted by atomic mass is 19.1. The lowest BCUT2D eigenvalue weighted by atomic mass is 10.1. The highest BCUT2D eigenvalue weighted by molar-refractivity contribution is 5.86. The lowest BCUT2D eigenvalue weighted by Crippen LogP contribution is -2.26. The Hall–Kier alpha value is -2.44. The summed E-state index contributed by atoms with van der Waals surface area (Å²) in [7, 11) is 0. The summed E-state index contributed by atoms with van der Waals surface area (Å²) < 4.78 is 20.0. The molecule has 4 N–H and O–H groups in total.